The van der Waals surface area contributed by atoms with E-state index in [1.54, 1.807) is 32.0 Å². The van der Waals surface area contributed by atoms with Gasteiger partial charge >= 0.3 is 5.97 Å². The predicted molar refractivity (Wildman–Crippen MR) is 154 cm³/mol. The smallest absolute Gasteiger partial charge is 0.329 e. The number of carbonyl (C=O) groups is 3. The number of rotatable bonds is 11. The Balaban J connectivity index is 1.57. The molecule has 0 radical (unpaired) electrons. The van der Waals surface area contributed by atoms with Crippen molar-refractivity contribution in [2.75, 3.05) is 20.8 Å². The Morgan fingerprint density at radius 1 is 0.875 bits per heavy atom. The van der Waals surface area contributed by atoms with Gasteiger partial charge in [0.15, 0.2) is 6.61 Å². The second-order valence-corrected chi connectivity index (χ2v) is 9.68. The number of esters is 1. The highest BCUT2D eigenvalue weighted by Crippen LogP contribution is 2.34. The molecule has 0 unspecified atom stereocenters. The van der Waals surface area contributed by atoms with E-state index in [1.165, 1.54) is 14.2 Å². The fourth-order valence-corrected chi connectivity index (χ4v) is 4.77. The molecule has 1 atom stereocenters. The molecule has 208 valence electrons. The van der Waals surface area contributed by atoms with E-state index in [1.807, 2.05) is 61.5 Å². The molecule has 0 spiro atoms. The van der Waals surface area contributed by atoms with Crippen LogP contribution in [-0.2, 0) is 16.1 Å². The molecular weight excluding hydrogens is 508 g/mol. The molecule has 3 aromatic carbocycles. The minimum atomic E-state index is -0.969. The Kier molecular flexibility index (Phi) is 8.89. The Hall–Kier alpha value is -4.59. The maximum atomic E-state index is 13.7. The molecular formula is C32H34N2O6. The van der Waals surface area contributed by atoms with Gasteiger partial charge in [0.05, 0.1) is 25.5 Å². The van der Waals surface area contributed by atoms with Gasteiger partial charge in [0.25, 0.3) is 5.91 Å². The molecule has 1 aromatic heterocycles. The lowest BCUT2D eigenvalue weighted by molar-refractivity contribution is -0.145. The number of hydrogen-bond acceptors (Lipinski definition) is 6. The second kappa shape index (κ2) is 12.5. The molecule has 1 heterocycles. The van der Waals surface area contributed by atoms with Crippen molar-refractivity contribution in [3.05, 3.63) is 83.9 Å². The average molecular weight is 543 g/mol. The van der Waals surface area contributed by atoms with Gasteiger partial charge in [-0.1, -0.05) is 62.4 Å². The summed E-state index contributed by atoms with van der Waals surface area (Å²) in [6.07, 6.45) is 0. The molecule has 0 aliphatic carbocycles. The number of nitrogens with zero attached hydrogens (tertiary/aromatic N) is 1. The van der Waals surface area contributed by atoms with Crippen LogP contribution in [0.15, 0.2) is 72.8 Å². The lowest BCUT2D eigenvalue weighted by Crippen LogP contribution is -2.45. The van der Waals surface area contributed by atoms with Crippen LogP contribution in [0.4, 0.5) is 0 Å². The maximum Gasteiger partial charge on any atom is 0.329 e. The largest absolute Gasteiger partial charge is 0.497 e. The van der Waals surface area contributed by atoms with Crippen LogP contribution in [0, 0.1) is 5.92 Å². The first kappa shape index (κ1) is 28.4. The van der Waals surface area contributed by atoms with Gasteiger partial charge in [0, 0.05) is 29.1 Å². The zero-order valence-corrected chi connectivity index (χ0v) is 23.4. The molecule has 0 aliphatic rings. The molecule has 4 aromatic rings. The van der Waals surface area contributed by atoms with E-state index in [4.69, 9.17) is 14.2 Å². The number of aryl methyl sites for hydroxylation is 1. The highest BCUT2D eigenvalue weighted by molar-refractivity contribution is 6.14. The number of fused-ring (bicyclic) bond motifs is 1. The highest BCUT2D eigenvalue weighted by Gasteiger charge is 2.29. The normalized spacial score (nSPS) is 11.8. The van der Waals surface area contributed by atoms with Gasteiger partial charge in [0.1, 0.15) is 17.5 Å². The zero-order valence-electron chi connectivity index (χ0n) is 23.4. The van der Waals surface area contributed by atoms with Gasteiger partial charge in [-0.2, -0.15) is 0 Å². The Labute approximate surface area is 233 Å². The van der Waals surface area contributed by atoms with Crippen molar-refractivity contribution in [2.45, 2.75) is 33.4 Å². The fourth-order valence-electron chi connectivity index (χ4n) is 4.77. The topological polar surface area (TPSA) is 95.9 Å². The van der Waals surface area contributed by atoms with Crippen LogP contribution < -0.4 is 14.8 Å². The van der Waals surface area contributed by atoms with Crippen LogP contribution in [0.3, 0.4) is 0 Å². The monoisotopic (exact) mass is 542 g/mol. The Morgan fingerprint density at radius 3 is 2.10 bits per heavy atom. The number of ether oxygens (including phenoxy) is 3. The summed E-state index contributed by atoms with van der Waals surface area (Å²) in [6, 6.07) is 21.2. The molecule has 8 heteroatoms. The van der Waals surface area contributed by atoms with Crippen molar-refractivity contribution in [3.63, 3.8) is 0 Å². The van der Waals surface area contributed by atoms with Crippen LogP contribution >= 0.6 is 0 Å². The first-order chi connectivity index (χ1) is 19.3. The number of nitrogens with one attached hydrogen (secondary N) is 1. The third-order valence-corrected chi connectivity index (χ3v) is 6.78. The van der Waals surface area contributed by atoms with E-state index in [0.717, 1.165) is 22.2 Å². The zero-order chi connectivity index (χ0) is 28.8. The number of amides is 1. The molecule has 1 N–H and O–H groups in total. The van der Waals surface area contributed by atoms with Gasteiger partial charge in [0.2, 0.25) is 5.78 Å². The van der Waals surface area contributed by atoms with Crippen LogP contribution in [0.25, 0.3) is 22.2 Å². The minimum absolute atomic E-state index is 0.269. The molecule has 1 amide bonds. The summed E-state index contributed by atoms with van der Waals surface area (Å²) < 4.78 is 18.1. The van der Waals surface area contributed by atoms with Crippen molar-refractivity contribution < 1.29 is 28.6 Å². The minimum Gasteiger partial charge on any atom is -0.497 e. The van der Waals surface area contributed by atoms with E-state index in [-0.39, 0.29) is 17.3 Å². The van der Waals surface area contributed by atoms with Crippen molar-refractivity contribution in [1.29, 1.82) is 0 Å². The molecule has 0 saturated heterocycles. The van der Waals surface area contributed by atoms with Crippen LogP contribution in [0.1, 0.15) is 41.5 Å². The molecule has 4 rings (SSSR count). The van der Waals surface area contributed by atoms with E-state index in [0.29, 0.717) is 23.6 Å². The molecule has 40 heavy (non-hydrogen) atoms. The van der Waals surface area contributed by atoms with Crippen LogP contribution in [0.5, 0.6) is 11.5 Å². The molecule has 0 fully saturated rings. The van der Waals surface area contributed by atoms with E-state index >= 15 is 0 Å². The van der Waals surface area contributed by atoms with Gasteiger partial charge in [-0.3, -0.25) is 9.59 Å². The number of benzene rings is 3. The van der Waals surface area contributed by atoms with Crippen molar-refractivity contribution in [1.82, 2.24) is 9.88 Å². The first-order valence-electron chi connectivity index (χ1n) is 13.2. The Morgan fingerprint density at radius 2 is 1.50 bits per heavy atom. The molecule has 0 aliphatic heterocycles. The van der Waals surface area contributed by atoms with Crippen LogP contribution in [-0.4, -0.2) is 49.1 Å². The van der Waals surface area contributed by atoms with E-state index in [9.17, 15) is 14.4 Å². The number of hydrogen-bond donors (Lipinski definition) is 1. The fraction of sp³-hybridized carbons (Fsp3) is 0.281. The quantitative estimate of drug-likeness (QED) is 0.198. The number of methoxy groups -OCH3 is 2. The van der Waals surface area contributed by atoms with Crippen LogP contribution in [0.2, 0.25) is 0 Å². The van der Waals surface area contributed by atoms with Gasteiger partial charge in [-0.25, -0.2) is 4.79 Å². The summed E-state index contributed by atoms with van der Waals surface area (Å²) in [4.78, 5) is 39.9. The standard InChI is InChI=1S/C32H34N2O6/c1-6-34-26-15-11-10-14-25(26)28(30(34)21-12-8-7-9-13-21)27(35)19-40-32(37)29(20(2)3)33-31(36)22-16-23(38-4)18-24(17-22)39-5/h7-18,20,29H,6,19H2,1-5H3,(H,33,36)/t29-/m0/s1. The average Bonchev–Trinajstić information content (AvgIpc) is 3.32. The molecule has 8 nitrogen and oxygen atoms in total. The second-order valence-electron chi connectivity index (χ2n) is 9.68. The van der Waals surface area contributed by atoms with Gasteiger partial charge in [-0.05, 0) is 36.6 Å². The number of para-hydroxylation sites is 1. The van der Waals surface area contributed by atoms with Gasteiger partial charge < -0.3 is 24.1 Å². The van der Waals surface area contributed by atoms with Gasteiger partial charge in [-0.15, -0.1) is 0 Å². The third kappa shape index (κ3) is 5.86. The third-order valence-electron chi connectivity index (χ3n) is 6.78. The summed E-state index contributed by atoms with van der Waals surface area (Å²) >= 11 is 0. The predicted octanol–water partition coefficient (Wildman–Crippen LogP) is 5.53. The molecule has 0 saturated carbocycles. The summed E-state index contributed by atoms with van der Waals surface area (Å²) in [5.74, 6) is -0.898. The van der Waals surface area contributed by atoms with E-state index < -0.39 is 24.5 Å². The molecule has 0 bridgehead atoms. The summed E-state index contributed by atoms with van der Waals surface area (Å²) in [5, 5.41) is 3.53. The van der Waals surface area contributed by atoms with Crippen molar-refractivity contribution >= 4 is 28.6 Å². The first-order valence-corrected chi connectivity index (χ1v) is 13.2. The Bertz CT molecular complexity index is 1500. The highest BCUT2D eigenvalue weighted by atomic mass is 16.5. The number of carbonyl (C=O) groups excluding carboxylic acids is 3. The van der Waals surface area contributed by atoms with Crippen molar-refractivity contribution in [3.8, 4) is 22.8 Å². The van der Waals surface area contributed by atoms with Crippen molar-refractivity contribution in [2.24, 2.45) is 5.92 Å². The summed E-state index contributed by atoms with van der Waals surface area (Å²) in [7, 11) is 2.98. The summed E-state index contributed by atoms with van der Waals surface area (Å²) in [5.41, 5.74) is 3.39. The number of Topliss-reactive ketones (excluding diaryl/α,β-unsaturated/α-hetero) is 1. The van der Waals surface area contributed by atoms with E-state index in [2.05, 4.69) is 9.88 Å². The summed E-state index contributed by atoms with van der Waals surface area (Å²) in [6.45, 7) is 5.82. The number of aromatic nitrogens is 1. The number of ketones is 1. The lowest BCUT2D eigenvalue weighted by Gasteiger charge is -2.21. The maximum absolute atomic E-state index is 13.7. The SMILES string of the molecule is CCn1c(-c2ccccc2)c(C(=O)COC(=O)[C@@H](NC(=O)c2cc(OC)cc(OC)c2)C(C)C)c2ccccc21. The lowest BCUT2D eigenvalue weighted by atomic mass is 10.0.